The lowest BCUT2D eigenvalue weighted by atomic mass is 10.0. The highest BCUT2D eigenvalue weighted by atomic mass is 16.3. The minimum atomic E-state index is -0.399. The molecule has 0 spiro atoms. The Bertz CT molecular complexity index is 400. The van der Waals surface area contributed by atoms with Gasteiger partial charge in [-0.25, -0.2) is 0 Å². The van der Waals surface area contributed by atoms with E-state index >= 15 is 0 Å². The number of nitrogens with one attached hydrogen (secondary N) is 1. The Hall–Kier alpha value is -0.900. The van der Waals surface area contributed by atoms with Gasteiger partial charge in [0.15, 0.2) is 0 Å². The van der Waals surface area contributed by atoms with E-state index in [9.17, 15) is 5.11 Å². The maximum atomic E-state index is 10.2. The first-order valence-corrected chi connectivity index (χ1v) is 7.89. The van der Waals surface area contributed by atoms with Gasteiger partial charge in [0.25, 0.3) is 0 Å². The quantitative estimate of drug-likeness (QED) is 0.838. The molecular formula is C17H28N2O. The second kappa shape index (κ2) is 7.77. The molecule has 0 bridgehead atoms. The van der Waals surface area contributed by atoms with Crippen LogP contribution in [0, 0.1) is 6.92 Å². The van der Waals surface area contributed by atoms with Crippen molar-refractivity contribution in [2.24, 2.45) is 0 Å². The van der Waals surface area contributed by atoms with E-state index in [1.165, 1.54) is 44.5 Å². The lowest BCUT2D eigenvalue weighted by molar-refractivity contribution is 0.151. The molecule has 3 nitrogen and oxygen atoms in total. The van der Waals surface area contributed by atoms with Crippen molar-refractivity contribution >= 4 is 0 Å². The van der Waals surface area contributed by atoms with Gasteiger partial charge in [0, 0.05) is 12.6 Å². The number of aliphatic hydroxyl groups is 1. The summed E-state index contributed by atoms with van der Waals surface area (Å²) in [5, 5.41) is 13.8. The minimum Gasteiger partial charge on any atom is -0.387 e. The molecule has 1 saturated heterocycles. The van der Waals surface area contributed by atoms with Crippen LogP contribution in [0.15, 0.2) is 24.3 Å². The number of likely N-dealkylation sites (tertiary alicyclic amines) is 1. The zero-order valence-electron chi connectivity index (χ0n) is 12.8. The summed E-state index contributed by atoms with van der Waals surface area (Å²) in [5.41, 5.74) is 2.22. The van der Waals surface area contributed by atoms with Crippen LogP contribution in [-0.2, 0) is 0 Å². The van der Waals surface area contributed by atoms with Gasteiger partial charge in [-0.15, -0.1) is 0 Å². The third kappa shape index (κ3) is 4.58. The van der Waals surface area contributed by atoms with E-state index in [0.717, 1.165) is 5.56 Å². The molecule has 1 aliphatic heterocycles. The largest absolute Gasteiger partial charge is 0.387 e. The standard InChI is InChI=1S/C17H28N2O/c1-3-9-19-10-7-16(8-11-19)18-13-17(20)15-6-4-5-14(2)12-15/h4-6,12,16-18,20H,3,7-11,13H2,1-2H3. The monoisotopic (exact) mass is 276 g/mol. The van der Waals surface area contributed by atoms with Crippen molar-refractivity contribution in [1.29, 1.82) is 0 Å². The van der Waals surface area contributed by atoms with Crippen molar-refractivity contribution in [3.63, 3.8) is 0 Å². The molecule has 1 aromatic rings. The fourth-order valence-corrected chi connectivity index (χ4v) is 2.95. The van der Waals surface area contributed by atoms with Crippen LogP contribution in [0.3, 0.4) is 0 Å². The van der Waals surface area contributed by atoms with Crippen LogP contribution in [0.25, 0.3) is 0 Å². The summed E-state index contributed by atoms with van der Waals surface area (Å²) in [5.74, 6) is 0. The number of aryl methyl sites for hydroxylation is 1. The molecule has 112 valence electrons. The molecule has 2 rings (SSSR count). The Balaban J connectivity index is 1.73. The molecule has 3 heteroatoms. The van der Waals surface area contributed by atoms with E-state index in [-0.39, 0.29) is 0 Å². The van der Waals surface area contributed by atoms with Crippen LogP contribution in [0.4, 0.5) is 0 Å². The van der Waals surface area contributed by atoms with Crippen LogP contribution < -0.4 is 5.32 Å². The fraction of sp³-hybridized carbons (Fsp3) is 0.647. The molecule has 1 heterocycles. The van der Waals surface area contributed by atoms with Gasteiger partial charge in [-0.05, 0) is 51.4 Å². The second-order valence-corrected chi connectivity index (χ2v) is 5.95. The average Bonchev–Trinajstić information content (AvgIpc) is 2.46. The first kappa shape index (κ1) is 15.5. The zero-order valence-corrected chi connectivity index (χ0v) is 12.8. The van der Waals surface area contributed by atoms with Crippen LogP contribution in [0.2, 0.25) is 0 Å². The van der Waals surface area contributed by atoms with E-state index in [0.29, 0.717) is 12.6 Å². The highest BCUT2D eigenvalue weighted by Crippen LogP contribution is 2.15. The summed E-state index contributed by atoms with van der Waals surface area (Å²) in [4.78, 5) is 2.54. The Morgan fingerprint density at radius 3 is 2.75 bits per heavy atom. The number of hydrogen-bond donors (Lipinski definition) is 2. The summed E-state index contributed by atoms with van der Waals surface area (Å²) in [6, 6.07) is 8.70. The molecule has 2 N–H and O–H groups in total. The van der Waals surface area contributed by atoms with Gasteiger partial charge < -0.3 is 15.3 Å². The molecule has 0 saturated carbocycles. The van der Waals surface area contributed by atoms with Gasteiger partial charge in [-0.2, -0.15) is 0 Å². The van der Waals surface area contributed by atoms with Gasteiger partial charge in [0.2, 0.25) is 0 Å². The van der Waals surface area contributed by atoms with Gasteiger partial charge in [0.05, 0.1) is 6.10 Å². The number of hydrogen-bond acceptors (Lipinski definition) is 3. The van der Waals surface area contributed by atoms with E-state index < -0.39 is 6.10 Å². The number of benzene rings is 1. The summed E-state index contributed by atoms with van der Waals surface area (Å²) >= 11 is 0. The maximum Gasteiger partial charge on any atom is 0.0914 e. The summed E-state index contributed by atoms with van der Waals surface area (Å²) in [7, 11) is 0. The number of nitrogens with zero attached hydrogens (tertiary/aromatic N) is 1. The highest BCUT2D eigenvalue weighted by molar-refractivity contribution is 5.24. The normalized spacial score (nSPS) is 19.1. The topological polar surface area (TPSA) is 35.5 Å². The van der Waals surface area contributed by atoms with Crippen molar-refractivity contribution in [1.82, 2.24) is 10.2 Å². The van der Waals surface area contributed by atoms with Gasteiger partial charge in [-0.1, -0.05) is 36.8 Å². The molecule has 1 atom stereocenters. The van der Waals surface area contributed by atoms with Gasteiger partial charge in [-0.3, -0.25) is 0 Å². The Morgan fingerprint density at radius 1 is 1.35 bits per heavy atom. The van der Waals surface area contributed by atoms with Crippen molar-refractivity contribution in [3.05, 3.63) is 35.4 Å². The molecule has 0 aliphatic carbocycles. The van der Waals surface area contributed by atoms with E-state index in [2.05, 4.69) is 36.2 Å². The molecule has 1 aliphatic rings. The first-order valence-electron chi connectivity index (χ1n) is 7.89. The van der Waals surface area contributed by atoms with Crippen LogP contribution in [0.1, 0.15) is 43.4 Å². The number of rotatable bonds is 6. The molecular weight excluding hydrogens is 248 g/mol. The van der Waals surface area contributed by atoms with Crippen molar-refractivity contribution in [3.8, 4) is 0 Å². The third-order valence-electron chi connectivity index (χ3n) is 4.15. The van der Waals surface area contributed by atoms with Gasteiger partial charge in [0.1, 0.15) is 0 Å². The van der Waals surface area contributed by atoms with E-state index in [4.69, 9.17) is 0 Å². The molecule has 1 unspecified atom stereocenters. The molecule has 0 radical (unpaired) electrons. The zero-order chi connectivity index (χ0) is 14.4. The molecule has 20 heavy (non-hydrogen) atoms. The minimum absolute atomic E-state index is 0.399. The maximum absolute atomic E-state index is 10.2. The average molecular weight is 276 g/mol. The lowest BCUT2D eigenvalue weighted by Crippen LogP contribution is -2.43. The SMILES string of the molecule is CCCN1CCC(NCC(O)c2cccc(C)c2)CC1. The summed E-state index contributed by atoms with van der Waals surface area (Å²) < 4.78 is 0. The van der Waals surface area contributed by atoms with Crippen molar-refractivity contribution in [2.75, 3.05) is 26.2 Å². The predicted octanol–water partition coefficient (Wildman–Crippen LogP) is 2.49. The van der Waals surface area contributed by atoms with Crippen molar-refractivity contribution in [2.45, 2.75) is 45.3 Å². The summed E-state index contributed by atoms with van der Waals surface area (Å²) in [6.07, 6.45) is 3.23. The Labute approximate surface area is 123 Å². The molecule has 1 aromatic carbocycles. The number of piperidine rings is 1. The molecule has 0 aromatic heterocycles. The summed E-state index contributed by atoms with van der Waals surface area (Å²) in [6.45, 7) is 8.55. The third-order valence-corrected chi connectivity index (χ3v) is 4.15. The molecule has 0 amide bonds. The number of aliphatic hydroxyl groups excluding tert-OH is 1. The van der Waals surface area contributed by atoms with Crippen LogP contribution in [0.5, 0.6) is 0 Å². The highest BCUT2D eigenvalue weighted by Gasteiger charge is 2.19. The molecule has 1 fully saturated rings. The van der Waals surface area contributed by atoms with E-state index in [1.54, 1.807) is 0 Å². The second-order valence-electron chi connectivity index (χ2n) is 5.95. The Kier molecular flexibility index (Phi) is 6.02. The van der Waals surface area contributed by atoms with Crippen LogP contribution in [-0.4, -0.2) is 42.2 Å². The Morgan fingerprint density at radius 2 is 2.10 bits per heavy atom. The van der Waals surface area contributed by atoms with Crippen molar-refractivity contribution < 1.29 is 5.11 Å². The predicted molar refractivity (Wildman–Crippen MR) is 83.9 cm³/mol. The first-order chi connectivity index (χ1) is 9.69. The van der Waals surface area contributed by atoms with Crippen LogP contribution >= 0.6 is 0 Å². The lowest BCUT2D eigenvalue weighted by Gasteiger charge is -2.32. The van der Waals surface area contributed by atoms with Gasteiger partial charge >= 0.3 is 0 Å². The fourth-order valence-electron chi connectivity index (χ4n) is 2.95. The smallest absolute Gasteiger partial charge is 0.0914 e. The van der Waals surface area contributed by atoms with E-state index in [1.807, 2.05) is 12.1 Å².